The van der Waals surface area contributed by atoms with Crippen molar-refractivity contribution in [1.29, 1.82) is 0 Å². The van der Waals surface area contributed by atoms with E-state index < -0.39 is 5.60 Å². The molecule has 0 aliphatic heterocycles. The molecule has 0 fully saturated rings. The quantitative estimate of drug-likeness (QED) is 0.787. The number of halogens is 1. The predicted octanol–water partition coefficient (Wildman–Crippen LogP) is 3.29. The topological polar surface area (TPSA) is 46.0 Å². The lowest BCUT2D eigenvalue weighted by molar-refractivity contribution is 0.0370. The van der Waals surface area contributed by atoms with Gasteiger partial charge in [-0.05, 0) is 53.1 Å². The van der Waals surface area contributed by atoms with Gasteiger partial charge < -0.3 is 5.11 Å². The van der Waals surface area contributed by atoms with Crippen molar-refractivity contribution < 1.29 is 9.50 Å². The van der Waals surface area contributed by atoms with E-state index in [0.29, 0.717) is 18.4 Å². The van der Waals surface area contributed by atoms with Crippen molar-refractivity contribution in [3.05, 3.63) is 95.8 Å². The summed E-state index contributed by atoms with van der Waals surface area (Å²) in [6.45, 7) is 0. The first-order valence-corrected chi connectivity index (χ1v) is 7.42. The molecule has 0 unspecified atom stereocenters. The first kappa shape index (κ1) is 15.3. The Bertz CT molecular complexity index is 704. The maximum Gasteiger partial charge on any atom is 0.123 e. The molecule has 3 aromatic rings. The smallest absolute Gasteiger partial charge is 0.123 e. The third kappa shape index (κ3) is 3.79. The summed E-state index contributed by atoms with van der Waals surface area (Å²) in [5, 5.41) is 11.3. The van der Waals surface area contributed by atoms with Crippen LogP contribution in [0, 0.1) is 5.82 Å². The summed E-state index contributed by atoms with van der Waals surface area (Å²) >= 11 is 0. The summed E-state index contributed by atoms with van der Waals surface area (Å²) in [6, 6.07) is 13.5. The molecule has 4 heteroatoms. The Labute approximate surface area is 134 Å². The minimum Gasteiger partial charge on any atom is -0.384 e. The number of pyridine rings is 2. The number of nitrogens with zero attached hydrogens (tertiary/aromatic N) is 2. The van der Waals surface area contributed by atoms with Gasteiger partial charge in [0.25, 0.3) is 0 Å². The SMILES string of the molecule is OC(Cc1ccncc1)(Cc1ccncc1)c1ccc(F)cc1. The lowest BCUT2D eigenvalue weighted by Crippen LogP contribution is -2.31. The molecular formula is C19H17FN2O. The normalized spacial score (nSPS) is 11.4. The number of aliphatic hydroxyl groups is 1. The number of aromatic nitrogens is 2. The van der Waals surface area contributed by atoms with Gasteiger partial charge in [-0.3, -0.25) is 9.97 Å². The van der Waals surface area contributed by atoms with E-state index in [4.69, 9.17) is 0 Å². The van der Waals surface area contributed by atoms with Crippen LogP contribution in [0.5, 0.6) is 0 Å². The molecule has 0 aliphatic carbocycles. The fourth-order valence-electron chi connectivity index (χ4n) is 2.70. The predicted molar refractivity (Wildman–Crippen MR) is 86.2 cm³/mol. The van der Waals surface area contributed by atoms with Crippen LogP contribution >= 0.6 is 0 Å². The van der Waals surface area contributed by atoms with E-state index in [1.807, 2.05) is 24.3 Å². The van der Waals surface area contributed by atoms with Gasteiger partial charge in [-0.25, -0.2) is 4.39 Å². The van der Waals surface area contributed by atoms with E-state index in [1.165, 1.54) is 12.1 Å². The molecule has 23 heavy (non-hydrogen) atoms. The maximum absolute atomic E-state index is 13.2. The van der Waals surface area contributed by atoms with Gasteiger partial charge >= 0.3 is 0 Å². The summed E-state index contributed by atoms with van der Waals surface area (Å²) in [4.78, 5) is 8.01. The fraction of sp³-hybridized carbons (Fsp3) is 0.158. The van der Waals surface area contributed by atoms with E-state index >= 15 is 0 Å². The molecule has 0 atom stereocenters. The summed E-state index contributed by atoms with van der Waals surface area (Å²) in [5.41, 5.74) is 1.51. The molecule has 1 aromatic carbocycles. The van der Waals surface area contributed by atoms with Crippen LogP contribution in [0.4, 0.5) is 4.39 Å². The fourth-order valence-corrected chi connectivity index (χ4v) is 2.70. The molecule has 0 amide bonds. The van der Waals surface area contributed by atoms with Crippen LogP contribution in [0.2, 0.25) is 0 Å². The second kappa shape index (κ2) is 6.67. The molecule has 0 radical (unpaired) electrons. The van der Waals surface area contributed by atoms with Gasteiger partial charge in [0.1, 0.15) is 5.82 Å². The van der Waals surface area contributed by atoms with Crippen molar-refractivity contribution in [3.8, 4) is 0 Å². The highest BCUT2D eigenvalue weighted by atomic mass is 19.1. The molecule has 0 saturated carbocycles. The molecule has 1 N–H and O–H groups in total. The highest BCUT2D eigenvalue weighted by Gasteiger charge is 2.30. The summed E-state index contributed by atoms with van der Waals surface area (Å²) in [7, 11) is 0. The van der Waals surface area contributed by atoms with Crippen molar-refractivity contribution in [2.75, 3.05) is 0 Å². The van der Waals surface area contributed by atoms with Crippen molar-refractivity contribution in [3.63, 3.8) is 0 Å². The number of rotatable bonds is 5. The van der Waals surface area contributed by atoms with Crippen LogP contribution in [0.1, 0.15) is 16.7 Å². The Morgan fingerprint density at radius 2 is 1.17 bits per heavy atom. The molecule has 2 heterocycles. The molecular weight excluding hydrogens is 291 g/mol. The molecule has 0 saturated heterocycles. The highest BCUT2D eigenvalue weighted by molar-refractivity contribution is 5.29. The van der Waals surface area contributed by atoms with Gasteiger partial charge in [-0.2, -0.15) is 0 Å². The van der Waals surface area contributed by atoms with E-state index in [0.717, 1.165) is 11.1 Å². The molecule has 0 aliphatic rings. The highest BCUT2D eigenvalue weighted by Crippen LogP contribution is 2.30. The van der Waals surface area contributed by atoms with Gasteiger partial charge in [0.05, 0.1) is 5.60 Å². The van der Waals surface area contributed by atoms with Crippen molar-refractivity contribution >= 4 is 0 Å². The lowest BCUT2D eigenvalue weighted by Gasteiger charge is -2.29. The van der Waals surface area contributed by atoms with Crippen LogP contribution in [0.15, 0.2) is 73.3 Å². The Hall–Kier alpha value is -2.59. The van der Waals surface area contributed by atoms with E-state index in [1.54, 1.807) is 36.9 Å². The third-order valence-electron chi connectivity index (χ3n) is 3.87. The minimum atomic E-state index is -1.13. The van der Waals surface area contributed by atoms with Crippen molar-refractivity contribution in [2.45, 2.75) is 18.4 Å². The number of hydrogen-bond acceptors (Lipinski definition) is 3. The molecule has 3 nitrogen and oxygen atoms in total. The summed E-state index contributed by atoms with van der Waals surface area (Å²) < 4.78 is 13.2. The van der Waals surface area contributed by atoms with E-state index in [-0.39, 0.29) is 5.82 Å². The zero-order chi connectivity index (χ0) is 16.1. The first-order chi connectivity index (χ1) is 11.2. The zero-order valence-corrected chi connectivity index (χ0v) is 12.6. The van der Waals surface area contributed by atoms with Gasteiger partial charge in [0.15, 0.2) is 0 Å². The molecule has 2 aromatic heterocycles. The Morgan fingerprint density at radius 3 is 1.61 bits per heavy atom. The Kier molecular flexibility index (Phi) is 4.44. The average molecular weight is 308 g/mol. The van der Waals surface area contributed by atoms with Crippen molar-refractivity contribution in [1.82, 2.24) is 9.97 Å². The Morgan fingerprint density at radius 1 is 0.739 bits per heavy atom. The maximum atomic E-state index is 13.2. The second-order valence-electron chi connectivity index (χ2n) is 5.60. The van der Waals surface area contributed by atoms with Gasteiger partial charge in [-0.1, -0.05) is 12.1 Å². The summed E-state index contributed by atoms with van der Waals surface area (Å²) in [6.07, 6.45) is 7.65. The summed E-state index contributed by atoms with van der Waals surface area (Å²) in [5.74, 6) is -0.316. The number of hydrogen-bond donors (Lipinski definition) is 1. The standard InChI is InChI=1S/C19H17FN2O/c20-18-3-1-17(2-4-18)19(23,13-15-5-9-21-10-6-15)14-16-7-11-22-12-8-16/h1-12,23H,13-14H2. The van der Waals surface area contributed by atoms with Crippen LogP contribution in [-0.2, 0) is 18.4 Å². The average Bonchev–Trinajstić information content (AvgIpc) is 2.57. The lowest BCUT2D eigenvalue weighted by atomic mass is 9.82. The van der Waals surface area contributed by atoms with Crippen LogP contribution in [0.3, 0.4) is 0 Å². The minimum absolute atomic E-state index is 0.316. The molecule has 3 rings (SSSR count). The molecule has 0 spiro atoms. The monoisotopic (exact) mass is 308 g/mol. The van der Waals surface area contributed by atoms with Crippen LogP contribution < -0.4 is 0 Å². The van der Waals surface area contributed by atoms with Gasteiger partial charge in [-0.15, -0.1) is 0 Å². The molecule has 116 valence electrons. The van der Waals surface area contributed by atoms with Gasteiger partial charge in [0.2, 0.25) is 0 Å². The molecule has 0 bridgehead atoms. The first-order valence-electron chi connectivity index (χ1n) is 7.42. The largest absolute Gasteiger partial charge is 0.384 e. The van der Waals surface area contributed by atoms with E-state index in [9.17, 15) is 9.50 Å². The van der Waals surface area contributed by atoms with Crippen molar-refractivity contribution in [2.24, 2.45) is 0 Å². The Balaban J connectivity index is 1.96. The van der Waals surface area contributed by atoms with E-state index in [2.05, 4.69) is 9.97 Å². The van der Waals surface area contributed by atoms with Crippen LogP contribution in [0.25, 0.3) is 0 Å². The zero-order valence-electron chi connectivity index (χ0n) is 12.6. The second-order valence-corrected chi connectivity index (χ2v) is 5.60. The van der Waals surface area contributed by atoms with Gasteiger partial charge in [0, 0.05) is 37.6 Å². The number of benzene rings is 1. The third-order valence-corrected chi connectivity index (χ3v) is 3.87. The van der Waals surface area contributed by atoms with Crippen LogP contribution in [-0.4, -0.2) is 15.1 Å².